The molecule has 0 spiro atoms. The molecular formula is C15H31N3O. The molecule has 2 unspecified atom stereocenters. The normalized spacial score (nSPS) is 27.8. The smallest absolute Gasteiger partial charge is 0.0826 e. The summed E-state index contributed by atoms with van der Waals surface area (Å²) in [4.78, 5) is 5.08. The number of nitrogens with one attached hydrogen (secondary N) is 1. The van der Waals surface area contributed by atoms with Gasteiger partial charge in [-0.15, -0.1) is 0 Å². The van der Waals surface area contributed by atoms with Crippen molar-refractivity contribution in [3.05, 3.63) is 0 Å². The maximum Gasteiger partial charge on any atom is 0.0826 e. The Hall–Kier alpha value is -0.160. The van der Waals surface area contributed by atoms with Gasteiger partial charge in [-0.25, -0.2) is 0 Å². The molecule has 2 rings (SSSR count). The first-order valence-corrected chi connectivity index (χ1v) is 8.05. The molecular weight excluding hydrogens is 238 g/mol. The van der Waals surface area contributed by atoms with Crippen LogP contribution < -0.4 is 5.32 Å². The summed E-state index contributed by atoms with van der Waals surface area (Å²) in [5, 5.41) is 3.60. The van der Waals surface area contributed by atoms with Gasteiger partial charge in [0.2, 0.25) is 0 Å². The standard InChI is InChI=1S/C15H31N3O/c1-3-17-8-9-19-15(13-17)11-16-10-14(2)12-18-6-4-5-7-18/h14-16H,3-13H2,1-2H3. The largest absolute Gasteiger partial charge is 0.374 e. The molecule has 2 aliphatic rings. The van der Waals surface area contributed by atoms with Gasteiger partial charge in [0.15, 0.2) is 0 Å². The summed E-state index contributed by atoms with van der Waals surface area (Å²) in [6.45, 7) is 14.8. The van der Waals surface area contributed by atoms with Gasteiger partial charge in [-0.2, -0.15) is 0 Å². The number of hydrogen-bond donors (Lipinski definition) is 1. The van der Waals surface area contributed by atoms with Crippen LogP contribution in [0.15, 0.2) is 0 Å². The fourth-order valence-electron chi connectivity index (χ4n) is 3.15. The van der Waals surface area contributed by atoms with Crippen molar-refractivity contribution in [2.75, 3.05) is 59.0 Å². The van der Waals surface area contributed by atoms with Crippen molar-refractivity contribution >= 4 is 0 Å². The molecule has 4 nitrogen and oxygen atoms in total. The Bertz CT molecular complexity index is 244. The minimum absolute atomic E-state index is 0.382. The van der Waals surface area contributed by atoms with Crippen LogP contribution in [-0.2, 0) is 4.74 Å². The average Bonchev–Trinajstić information content (AvgIpc) is 2.92. The third kappa shape index (κ3) is 5.38. The molecule has 0 aromatic rings. The highest BCUT2D eigenvalue weighted by atomic mass is 16.5. The lowest BCUT2D eigenvalue weighted by molar-refractivity contribution is -0.0255. The Kier molecular flexibility index (Phi) is 6.57. The predicted octanol–water partition coefficient (Wildman–Crippen LogP) is 1.03. The molecule has 0 saturated carbocycles. The zero-order valence-electron chi connectivity index (χ0n) is 12.7. The van der Waals surface area contributed by atoms with E-state index in [-0.39, 0.29) is 0 Å². The van der Waals surface area contributed by atoms with Gasteiger partial charge in [0.25, 0.3) is 0 Å². The summed E-state index contributed by atoms with van der Waals surface area (Å²) in [5.74, 6) is 0.740. The van der Waals surface area contributed by atoms with Crippen LogP contribution in [0.3, 0.4) is 0 Å². The third-order valence-electron chi connectivity index (χ3n) is 4.30. The summed E-state index contributed by atoms with van der Waals surface area (Å²) in [5.41, 5.74) is 0. The van der Waals surface area contributed by atoms with Crippen molar-refractivity contribution < 1.29 is 4.74 Å². The van der Waals surface area contributed by atoms with Crippen molar-refractivity contribution in [1.82, 2.24) is 15.1 Å². The van der Waals surface area contributed by atoms with E-state index in [0.29, 0.717) is 6.10 Å². The molecule has 112 valence electrons. The highest BCUT2D eigenvalue weighted by molar-refractivity contribution is 4.74. The van der Waals surface area contributed by atoms with Gasteiger partial charge >= 0.3 is 0 Å². The van der Waals surface area contributed by atoms with Crippen molar-refractivity contribution in [3.8, 4) is 0 Å². The van der Waals surface area contributed by atoms with Crippen molar-refractivity contribution in [2.24, 2.45) is 5.92 Å². The number of hydrogen-bond acceptors (Lipinski definition) is 4. The van der Waals surface area contributed by atoms with E-state index in [1.54, 1.807) is 0 Å². The molecule has 0 bridgehead atoms. The summed E-state index contributed by atoms with van der Waals surface area (Å²) in [7, 11) is 0. The van der Waals surface area contributed by atoms with Crippen molar-refractivity contribution in [1.29, 1.82) is 0 Å². The van der Waals surface area contributed by atoms with Gasteiger partial charge < -0.3 is 15.0 Å². The topological polar surface area (TPSA) is 27.7 Å². The van der Waals surface area contributed by atoms with Gasteiger partial charge in [0.1, 0.15) is 0 Å². The van der Waals surface area contributed by atoms with Gasteiger partial charge in [0.05, 0.1) is 12.7 Å². The maximum absolute atomic E-state index is 5.81. The molecule has 4 heteroatoms. The molecule has 2 atom stereocenters. The van der Waals surface area contributed by atoms with Gasteiger partial charge in [-0.1, -0.05) is 13.8 Å². The van der Waals surface area contributed by atoms with Crippen LogP contribution in [0.5, 0.6) is 0 Å². The van der Waals surface area contributed by atoms with Crippen molar-refractivity contribution in [2.45, 2.75) is 32.8 Å². The second-order valence-electron chi connectivity index (χ2n) is 6.16. The van der Waals surface area contributed by atoms with Crippen LogP contribution in [0.2, 0.25) is 0 Å². The number of likely N-dealkylation sites (N-methyl/N-ethyl adjacent to an activating group) is 1. The van der Waals surface area contributed by atoms with Crippen LogP contribution in [0, 0.1) is 5.92 Å². The van der Waals surface area contributed by atoms with E-state index in [2.05, 4.69) is 29.0 Å². The number of likely N-dealkylation sites (tertiary alicyclic amines) is 1. The third-order valence-corrected chi connectivity index (χ3v) is 4.30. The molecule has 0 radical (unpaired) electrons. The molecule has 0 aliphatic carbocycles. The van der Waals surface area contributed by atoms with Crippen molar-refractivity contribution in [3.63, 3.8) is 0 Å². The summed E-state index contributed by atoms with van der Waals surface area (Å²) < 4.78 is 5.81. The molecule has 2 fully saturated rings. The minimum atomic E-state index is 0.382. The van der Waals surface area contributed by atoms with Crippen LogP contribution in [-0.4, -0.2) is 74.9 Å². The molecule has 2 saturated heterocycles. The first-order valence-electron chi connectivity index (χ1n) is 8.05. The fourth-order valence-corrected chi connectivity index (χ4v) is 3.15. The predicted molar refractivity (Wildman–Crippen MR) is 79.6 cm³/mol. The summed E-state index contributed by atoms with van der Waals surface area (Å²) >= 11 is 0. The molecule has 0 aromatic carbocycles. The summed E-state index contributed by atoms with van der Waals surface area (Å²) in [6, 6.07) is 0. The summed E-state index contributed by atoms with van der Waals surface area (Å²) in [6.07, 6.45) is 3.17. The monoisotopic (exact) mass is 269 g/mol. The molecule has 2 aliphatic heterocycles. The van der Waals surface area contributed by atoms with Gasteiger partial charge in [-0.3, -0.25) is 4.90 Å². The second-order valence-corrected chi connectivity index (χ2v) is 6.16. The quantitative estimate of drug-likeness (QED) is 0.747. The lowest BCUT2D eigenvalue weighted by Crippen LogP contribution is -2.47. The van der Waals surface area contributed by atoms with E-state index in [0.717, 1.165) is 45.2 Å². The Morgan fingerprint density at radius 2 is 2.00 bits per heavy atom. The molecule has 2 heterocycles. The minimum Gasteiger partial charge on any atom is -0.374 e. The van der Waals surface area contributed by atoms with E-state index in [9.17, 15) is 0 Å². The SMILES string of the molecule is CCN1CCOC(CNCC(C)CN2CCCC2)C1. The number of rotatable bonds is 7. The zero-order chi connectivity index (χ0) is 13.5. The van der Waals surface area contributed by atoms with E-state index in [1.807, 2.05) is 0 Å². The zero-order valence-corrected chi connectivity index (χ0v) is 12.7. The number of morpholine rings is 1. The Morgan fingerprint density at radius 3 is 2.74 bits per heavy atom. The maximum atomic E-state index is 5.81. The Balaban J connectivity index is 1.55. The van der Waals surface area contributed by atoms with Crippen LogP contribution >= 0.6 is 0 Å². The van der Waals surface area contributed by atoms with E-state index < -0.39 is 0 Å². The number of nitrogens with zero attached hydrogens (tertiary/aromatic N) is 2. The van der Waals surface area contributed by atoms with Gasteiger partial charge in [-0.05, 0) is 44.9 Å². The van der Waals surface area contributed by atoms with Crippen LogP contribution in [0.4, 0.5) is 0 Å². The molecule has 19 heavy (non-hydrogen) atoms. The lowest BCUT2D eigenvalue weighted by Gasteiger charge is -2.32. The second kappa shape index (κ2) is 8.20. The van der Waals surface area contributed by atoms with Gasteiger partial charge in [0, 0.05) is 26.2 Å². The Morgan fingerprint density at radius 1 is 1.21 bits per heavy atom. The highest BCUT2D eigenvalue weighted by Gasteiger charge is 2.19. The highest BCUT2D eigenvalue weighted by Crippen LogP contribution is 2.10. The lowest BCUT2D eigenvalue weighted by atomic mass is 10.1. The fraction of sp³-hybridized carbons (Fsp3) is 1.00. The van der Waals surface area contributed by atoms with Crippen LogP contribution in [0.25, 0.3) is 0 Å². The average molecular weight is 269 g/mol. The molecule has 1 N–H and O–H groups in total. The van der Waals surface area contributed by atoms with E-state index in [1.165, 1.54) is 32.5 Å². The van der Waals surface area contributed by atoms with E-state index >= 15 is 0 Å². The molecule has 0 amide bonds. The molecule has 0 aromatic heterocycles. The Labute approximate surface area is 118 Å². The first kappa shape index (κ1) is 15.2. The number of ether oxygens (including phenoxy) is 1. The first-order chi connectivity index (χ1) is 9.28. The van der Waals surface area contributed by atoms with E-state index in [4.69, 9.17) is 4.74 Å². The van der Waals surface area contributed by atoms with Crippen LogP contribution in [0.1, 0.15) is 26.7 Å².